The summed E-state index contributed by atoms with van der Waals surface area (Å²) in [5.74, 6) is 1.63. The number of hydrogen-bond donors (Lipinski definition) is 1. The summed E-state index contributed by atoms with van der Waals surface area (Å²) >= 11 is 0. The van der Waals surface area contributed by atoms with E-state index in [0.717, 1.165) is 42.9 Å². The molecule has 0 radical (unpaired) electrons. The first-order chi connectivity index (χ1) is 12.2. The van der Waals surface area contributed by atoms with Gasteiger partial charge in [0.1, 0.15) is 18.1 Å². The van der Waals surface area contributed by atoms with Gasteiger partial charge in [0, 0.05) is 32.6 Å². The van der Waals surface area contributed by atoms with E-state index in [9.17, 15) is 4.79 Å². The summed E-state index contributed by atoms with van der Waals surface area (Å²) < 4.78 is 10.9. The molecule has 134 valence electrons. The molecule has 0 unspecified atom stereocenters. The number of pyridine rings is 1. The molecular weight excluding hydrogens is 318 g/mol. The average molecular weight is 343 g/mol. The van der Waals surface area contributed by atoms with Crippen LogP contribution in [0.2, 0.25) is 0 Å². The lowest BCUT2D eigenvalue weighted by atomic mass is 10.1. The van der Waals surface area contributed by atoms with Crippen LogP contribution in [-0.2, 0) is 17.8 Å². The van der Waals surface area contributed by atoms with E-state index in [1.165, 1.54) is 5.56 Å². The van der Waals surface area contributed by atoms with Gasteiger partial charge in [-0.2, -0.15) is 0 Å². The average Bonchev–Trinajstić information content (AvgIpc) is 3.25. The van der Waals surface area contributed by atoms with E-state index in [1.54, 1.807) is 13.3 Å². The van der Waals surface area contributed by atoms with Crippen LogP contribution < -0.4 is 5.32 Å². The zero-order valence-electron chi connectivity index (χ0n) is 14.8. The Kier molecular flexibility index (Phi) is 5.71. The molecule has 1 aliphatic heterocycles. The second-order valence-corrected chi connectivity index (χ2v) is 6.37. The number of urea groups is 1. The second kappa shape index (κ2) is 8.16. The molecule has 1 N–H and O–H groups in total. The van der Waals surface area contributed by atoms with E-state index in [4.69, 9.17) is 9.15 Å². The summed E-state index contributed by atoms with van der Waals surface area (Å²) in [7, 11) is 1.64. The van der Waals surface area contributed by atoms with Crippen molar-refractivity contribution < 1.29 is 13.9 Å². The largest absolute Gasteiger partial charge is 0.461 e. The highest BCUT2D eigenvalue weighted by Crippen LogP contribution is 2.33. The molecule has 1 saturated heterocycles. The smallest absolute Gasteiger partial charge is 0.318 e. The van der Waals surface area contributed by atoms with Crippen LogP contribution >= 0.6 is 0 Å². The molecule has 6 heteroatoms. The topological polar surface area (TPSA) is 67.6 Å². The number of aromatic nitrogens is 1. The lowest BCUT2D eigenvalue weighted by Gasteiger charge is -2.23. The summed E-state index contributed by atoms with van der Waals surface area (Å²) in [4.78, 5) is 18.5. The lowest BCUT2D eigenvalue weighted by molar-refractivity contribution is 0.156. The molecule has 0 aliphatic carbocycles. The first-order valence-electron chi connectivity index (χ1n) is 8.70. The van der Waals surface area contributed by atoms with E-state index in [2.05, 4.69) is 10.3 Å². The zero-order chi connectivity index (χ0) is 17.6. The minimum absolute atomic E-state index is 0.00766. The van der Waals surface area contributed by atoms with Crippen molar-refractivity contribution in [2.75, 3.05) is 20.2 Å². The van der Waals surface area contributed by atoms with E-state index in [0.29, 0.717) is 13.2 Å². The Morgan fingerprint density at radius 3 is 3.12 bits per heavy atom. The van der Waals surface area contributed by atoms with Gasteiger partial charge in [0.05, 0.1) is 6.04 Å². The Morgan fingerprint density at radius 1 is 1.44 bits per heavy atom. The first-order valence-corrected chi connectivity index (χ1v) is 8.70. The van der Waals surface area contributed by atoms with Gasteiger partial charge in [-0.25, -0.2) is 4.79 Å². The van der Waals surface area contributed by atoms with Gasteiger partial charge in [-0.1, -0.05) is 0 Å². The number of rotatable bonds is 6. The third-order valence-corrected chi connectivity index (χ3v) is 4.62. The summed E-state index contributed by atoms with van der Waals surface area (Å²) in [6, 6.07) is 5.84. The maximum absolute atomic E-state index is 12.6. The Hall–Kier alpha value is -2.34. The number of nitrogens with one attached hydrogen (secondary N) is 1. The maximum Gasteiger partial charge on any atom is 0.318 e. The number of hydrogen-bond acceptors (Lipinski definition) is 4. The number of likely N-dealkylation sites (tertiary alicyclic amines) is 1. The molecule has 1 atom stereocenters. The number of carbonyl (C=O) groups is 1. The van der Waals surface area contributed by atoms with Gasteiger partial charge >= 0.3 is 6.03 Å². The monoisotopic (exact) mass is 343 g/mol. The second-order valence-electron chi connectivity index (χ2n) is 6.37. The molecule has 0 aromatic carbocycles. The van der Waals surface area contributed by atoms with Crippen LogP contribution in [0, 0.1) is 6.92 Å². The minimum atomic E-state index is -0.0288. The van der Waals surface area contributed by atoms with Gasteiger partial charge in [-0.3, -0.25) is 4.98 Å². The van der Waals surface area contributed by atoms with Crippen molar-refractivity contribution in [2.24, 2.45) is 0 Å². The minimum Gasteiger partial charge on any atom is -0.461 e. The normalized spacial score (nSPS) is 17.0. The Bertz CT molecular complexity index is 713. The number of ether oxygens (including phenoxy) is 1. The number of amides is 2. The summed E-state index contributed by atoms with van der Waals surface area (Å²) in [5.41, 5.74) is 2.36. The Morgan fingerprint density at radius 2 is 2.32 bits per heavy atom. The third kappa shape index (κ3) is 4.20. The number of methoxy groups -OCH3 is 1. The van der Waals surface area contributed by atoms with Gasteiger partial charge in [-0.15, -0.1) is 0 Å². The van der Waals surface area contributed by atoms with E-state index in [1.807, 2.05) is 36.2 Å². The van der Waals surface area contributed by atoms with Crippen LogP contribution in [0.25, 0.3) is 0 Å². The van der Waals surface area contributed by atoms with Crippen molar-refractivity contribution in [3.63, 3.8) is 0 Å². The van der Waals surface area contributed by atoms with Gasteiger partial charge in [0.25, 0.3) is 0 Å². The van der Waals surface area contributed by atoms with E-state index < -0.39 is 0 Å². The predicted octanol–water partition coefficient (Wildman–Crippen LogP) is 3.22. The summed E-state index contributed by atoms with van der Waals surface area (Å²) in [6.07, 6.45) is 6.35. The van der Waals surface area contributed by atoms with Crippen molar-refractivity contribution in [3.8, 4) is 0 Å². The van der Waals surface area contributed by atoms with E-state index >= 15 is 0 Å². The van der Waals surface area contributed by atoms with Gasteiger partial charge in [-0.05, 0) is 55.5 Å². The molecule has 1 fully saturated rings. The standard InChI is InChI=1S/C19H25N3O3/c1-14-12-20-9-7-15(14)8-10-21-19(23)22-11-3-4-17(22)18-6-5-16(25-18)13-24-2/h5-7,9,12,17H,3-4,8,10-11,13H2,1-2H3,(H,21,23)/t17-/m0/s1. The molecule has 0 spiro atoms. The molecule has 25 heavy (non-hydrogen) atoms. The molecule has 6 nitrogen and oxygen atoms in total. The quantitative estimate of drug-likeness (QED) is 0.874. The van der Waals surface area contributed by atoms with Crippen molar-refractivity contribution in [1.82, 2.24) is 15.2 Å². The van der Waals surface area contributed by atoms with E-state index in [-0.39, 0.29) is 12.1 Å². The van der Waals surface area contributed by atoms with Gasteiger partial charge in [0.2, 0.25) is 0 Å². The van der Waals surface area contributed by atoms with Crippen LogP contribution in [0.15, 0.2) is 35.0 Å². The SMILES string of the molecule is COCc1ccc([C@@H]2CCCN2C(=O)NCCc2ccncc2C)o1. The zero-order valence-corrected chi connectivity index (χ0v) is 14.8. The van der Waals surface area contributed by atoms with Crippen molar-refractivity contribution in [1.29, 1.82) is 0 Å². The Balaban J connectivity index is 1.56. The van der Waals surface area contributed by atoms with Crippen molar-refractivity contribution in [3.05, 3.63) is 53.2 Å². The molecule has 2 amide bonds. The summed E-state index contributed by atoms with van der Waals surface area (Å²) in [6.45, 7) is 3.85. The maximum atomic E-state index is 12.6. The molecule has 0 bridgehead atoms. The lowest BCUT2D eigenvalue weighted by Crippen LogP contribution is -2.40. The summed E-state index contributed by atoms with van der Waals surface area (Å²) in [5, 5.41) is 3.03. The van der Waals surface area contributed by atoms with Crippen molar-refractivity contribution in [2.45, 2.75) is 38.8 Å². The number of furan rings is 1. The molecular formula is C19H25N3O3. The number of aryl methyl sites for hydroxylation is 1. The van der Waals surface area contributed by atoms with Crippen LogP contribution in [0.5, 0.6) is 0 Å². The highest BCUT2D eigenvalue weighted by atomic mass is 16.5. The molecule has 3 rings (SSSR count). The first kappa shape index (κ1) is 17.5. The number of nitrogens with zero attached hydrogens (tertiary/aromatic N) is 2. The van der Waals surface area contributed by atoms with Crippen LogP contribution in [0.3, 0.4) is 0 Å². The fourth-order valence-corrected chi connectivity index (χ4v) is 3.29. The van der Waals surface area contributed by atoms with Crippen molar-refractivity contribution >= 4 is 6.03 Å². The van der Waals surface area contributed by atoms with Crippen LogP contribution in [0.1, 0.15) is 41.5 Å². The highest BCUT2D eigenvalue weighted by Gasteiger charge is 2.32. The molecule has 2 aromatic rings. The fraction of sp³-hybridized carbons (Fsp3) is 0.474. The van der Waals surface area contributed by atoms with Crippen LogP contribution in [-0.4, -0.2) is 36.1 Å². The van der Waals surface area contributed by atoms with Gasteiger partial charge in [0.15, 0.2) is 0 Å². The predicted molar refractivity (Wildman–Crippen MR) is 94.2 cm³/mol. The molecule has 1 aliphatic rings. The molecule has 2 aromatic heterocycles. The molecule has 3 heterocycles. The number of carbonyl (C=O) groups excluding carboxylic acids is 1. The molecule has 0 saturated carbocycles. The fourth-order valence-electron chi connectivity index (χ4n) is 3.29. The van der Waals surface area contributed by atoms with Gasteiger partial charge < -0.3 is 19.4 Å². The Labute approximate surface area is 148 Å². The third-order valence-electron chi connectivity index (χ3n) is 4.62. The van der Waals surface area contributed by atoms with Crippen LogP contribution in [0.4, 0.5) is 4.79 Å². The highest BCUT2D eigenvalue weighted by molar-refractivity contribution is 5.75.